The van der Waals surface area contributed by atoms with E-state index in [1.165, 1.54) is 0 Å². The van der Waals surface area contributed by atoms with Crippen molar-refractivity contribution in [3.8, 4) is 17.2 Å². The Bertz CT molecular complexity index is 1060. The summed E-state index contributed by atoms with van der Waals surface area (Å²) in [5, 5.41) is 3.40. The number of para-hydroxylation sites is 1. The van der Waals surface area contributed by atoms with Gasteiger partial charge in [0.2, 0.25) is 5.75 Å². The second-order valence-corrected chi connectivity index (χ2v) is 8.13. The van der Waals surface area contributed by atoms with Crippen molar-refractivity contribution in [2.24, 2.45) is 5.92 Å². The molecule has 34 heavy (non-hydrogen) atoms. The molecule has 1 aliphatic carbocycles. The molecule has 6 heteroatoms. The number of hydrogen-bond donors (Lipinski definition) is 1. The number of ketones is 1. The van der Waals surface area contributed by atoms with Crippen LogP contribution in [-0.2, 0) is 9.53 Å². The van der Waals surface area contributed by atoms with E-state index in [1.54, 1.807) is 28.4 Å². The van der Waals surface area contributed by atoms with Crippen molar-refractivity contribution in [2.75, 3.05) is 40.3 Å². The smallest absolute Gasteiger partial charge is 0.203 e. The van der Waals surface area contributed by atoms with Crippen molar-refractivity contribution >= 4 is 23.6 Å². The molecule has 2 unspecified atom stereocenters. The maximum absolute atomic E-state index is 12.9. The van der Waals surface area contributed by atoms with E-state index in [0.29, 0.717) is 30.2 Å². The van der Waals surface area contributed by atoms with Gasteiger partial charge in [-0.1, -0.05) is 54.7 Å². The van der Waals surface area contributed by atoms with Gasteiger partial charge in [-0.25, -0.2) is 0 Å². The molecule has 0 bridgehead atoms. The Morgan fingerprint density at radius 2 is 1.71 bits per heavy atom. The molecule has 2 atom stereocenters. The zero-order valence-corrected chi connectivity index (χ0v) is 20.5. The first-order chi connectivity index (χ1) is 16.5. The van der Waals surface area contributed by atoms with E-state index in [9.17, 15) is 4.79 Å². The number of carbonyl (C=O) groups excluding carboxylic acids is 1. The molecule has 2 aromatic rings. The molecule has 0 fully saturated rings. The van der Waals surface area contributed by atoms with Crippen LogP contribution in [-0.4, -0.2) is 46.4 Å². The Hall–Kier alpha value is -3.51. The van der Waals surface area contributed by atoms with Crippen LogP contribution in [0.5, 0.6) is 17.2 Å². The minimum absolute atomic E-state index is 0.142. The first-order valence-corrected chi connectivity index (χ1v) is 11.2. The quantitative estimate of drug-likeness (QED) is 0.450. The van der Waals surface area contributed by atoms with Gasteiger partial charge in [0.1, 0.15) is 5.78 Å². The topological polar surface area (TPSA) is 66.0 Å². The second-order valence-electron chi connectivity index (χ2n) is 8.13. The third kappa shape index (κ3) is 5.69. The molecule has 2 aromatic carbocycles. The molecule has 0 saturated carbocycles. The average molecular weight is 464 g/mol. The number of anilines is 1. The van der Waals surface area contributed by atoms with Crippen molar-refractivity contribution in [3.63, 3.8) is 0 Å². The molecule has 6 nitrogen and oxygen atoms in total. The molecule has 0 aromatic heterocycles. The van der Waals surface area contributed by atoms with E-state index >= 15 is 0 Å². The van der Waals surface area contributed by atoms with Gasteiger partial charge in [-0.2, -0.15) is 0 Å². The monoisotopic (exact) mass is 463 g/mol. The van der Waals surface area contributed by atoms with E-state index in [4.69, 9.17) is 18.9 Å². The maximum atomic E-state index is 12.9. The number of Topliss-reactive ketones (excluding diaryl/α,β-unsaturated/α-hetero) is 1. The van der Waals surface area contributed by atoms with Crippen LogP contribution in [0.4, 0.5) is 5.69 Å². The minimum Gasteiger partial charge on any atom is -0.493 e. The predicted molar refractivity (Wildman–Crippen MR) is 137 cm³/mol. The Morgan fingerprint density at radius 3 is 2.35 bits per heavy atom. The number of nitrogens with one attached hydrogen (secondary N) is 1. The summed E-state index contributed by atoms with van der Waals surface area (Å²) >= 11 is 0. The fourth-order valence-electron chi connectivity index (χ4n) is 4.00. The number of ether oxygens (including phenoxy) is 4. The third-order valence-electron chi connectivity index (χ3n) is 6.04. The van der Waals surface area contributed by atoms with Crippen LogP contribution < -0.4 is 19.5 Å². The van der Waals surface area contributed by atoms with Crippen molar-refractivity contribution in [3.05, 3.63) is 71.8 Å². The predicted octanol–water partition coefficient (Wildman–Crippen LogP) is 5.40. The van der Waals surface area contributed by atoms with Crippen LogP contribution in [0, 0.1) is 5.92 Å². The van der Waals surface area contributed by atoms with Crippen LogP contribution in [0.1, 0.15) is 24.5 Å². The summed E-state index contributed by atoms with van der Waals surface area (Å²) in [6, 6.07) is 11.8. The Labute approximate surface area is 201 Å². The highest BCUT2D eigenvalue weighted by molar-refractivity contribution is 5.85. The molecule has 180 valence electrons. The van der Waals surface area contributed by atoms with Gasteiger partial charge in [0.25, 0.3) is 0 Å². The van der Waals surface area contributed by atoms with Gasteiger partial charge in [-0.3, -0.25) is 4.79 Å². The zero-order chi connectivity index (χ0) is 24.6. The lowest BCUT2D eigenvalue weighted by molar-refractivity contribution is -0.127. The van der Waals surface area contributed by atoms with Gasteiger partial charge in [-0.15, -0.1) is 0 Å². The highest BCUT2D eigenvalue weighted by Gasteiger charge is 2.36. The SMILES string of the molecule is COc1cc(/C=C\c2ccccc2NCCC(=O)C2C=CC=CC2(C)OC)cc(OC)c1OC. The molecule has 0 radical (unpaired) electrons. The summed E-state index contributed by atoms with van der Waals surface area (Å²) in [5.74, 6) is 1.60. The normalized spacial score (nSPS) is 19.3. The number of methoxy groups -OCH3 is 4. The van der Waals surface area contributed by atoms with Crippen LogP contribution >= 0.6 is 0 Å². The standard InChI is InChI=1S/C28H33NO5/c1-28(34-5)16-9-8-11-22(28)24(30)15-17-29-23-12-7-6-10-21(23)14-13-20-18-25(31-2)27(33-4)26(19-20)32-3/h6-14,16,18-19,22,29H,15,17H2,1-5H3/b14-13-. The molecular formula is C28H33NO5. The Balaban J connectivity index is 1.70. The molecule has 3 rings (SSSR count). The fraction of sp³-hybridized carbons (Fsp3) is 0.321. The Kier molecular flexibility index (Phi) is 8.55. The molecule has 0 heterocycles. The first kappa shape index (κ1) is 25.1. The molecule has 1 N–H and O–H groups in total. The van der Waals surface area contributed by atoms with Gasteiger partial charge < -0.3 is 24.3 Å². The van der Waals surface area contributed by atoms with Crippen molar-refractivity contribution < 1.29 is 23.7 Å². The molecule has 1 aliphatic rings. The second kappa shape index (κ2) is 11.6. The lowest BCUT2D eigenvalue weighted by Crippen LogP contribution is -2.40. The highest BCUT2D eigenvalue weighted by Crippen LogP contribution is 2.38. The summed E-state index contributed by atoms with van der Waals surface area (Å²) in [7, 11) is 6.41. The van der Waals surface area contributed by atoms with Crippen molar-refractivity contribution in [2.45, 2.75) is 18.9 Å². The summed E-state index contributed by atoms with van der Waals surface area (Å²) in [6.07, 6.45) is 12.1. The fourth-order valence-corrected chi connectivity index (χ4v) is 4.00. The molecule has 0 amide bonds. The van der Waals surface area contributed by atoms with Gasteiger partial charge in [-0.05, 0) is 36.2 Å². The lowest BCUT2D eigenvalue weighted by atomic mass is 9.81. The van der Waals surface area contributed by atoms with Crippen molar-refractivity contribution in [1.29, 1.82) is 0 Å². The number of carbonyl (C=O) groups is 1. The Morgan fingerprint density at radius 1 is 1.00 bits per heavy atom. The third-order valence-corrected chi connectivity index (χ3v) is 6.04. The average Bonchev–Trinajstić information content (AvgIpc) is 2.87. The van der Waals surface area contributed by atoms with Crippen LogP contribution in [0.3, 0.4) is 0 Å². The van der Waals surface area contributed by atoms with Gasteiger partial charge >= 0.3 is 0 Å². The largest absolute Gasteiger partial charge is 0.493 e. The number of hydrogen-bond acceptors (Lipinski definition) is 6. The number of rotatable bonds is 11. The maximum Gasteiger partial charge on any atom is 0.203 e. The van der Waals surface area contributed by atoms with E-state index in [2.05, 4.69) is 5.32 Å². The number of benzene rings is 2. The highest BCUT2D eigenvalue weighted by atomic mass is 16.5. The first-order valence-electron chi connectivity index (χ1n) is 11.2. The zero-order valence-electron chi connectivity index (χ0n) is 20.5. The van der Waals surface area contributed by atoms with E-state index in [-0.39, 0.29) is 11.7 Å². The lowest BCUT2D eigenvalue weighted by Gasteiger charge is -2.32. The van der Waals surface area contributed by atoms with Gasteiger partial charge in [0.05, 0.1) is 32.8 Å². The van der Waals surface area contributed by atoms with E-state index < -0.39 is 5.60 Å². The van der Waals surface area contributed by atoms with E-state index in [1.807, 2.05) is 79.8 Å². The van der Waals surface area contributed by atoms with Crippen LogP contribution in [0.2, 0.25) is 0 Å². The van der Waals surface area contributed by atoms with Gasteiger partial charge in [0, 0.05) is 25.8 Å². The van der Waals surface area contributed by atoms with Gasteiger partial charge in [0.15, 0.2) is 11.5 Å². The van der Waals surface area contributed by atoms with Crippen LogP contribution in [0.25, 0.3) is 12.2 Å². The molecular weight excluding hydrogens is 430 g/mol. The molecule has 0 spiro atoms. The number of allylic oxidation sites excluding steroid dienone is 2. The molecule has 0 saturated heterocycles. The molecule has 0 aliphatic heterocycles. The minimum atomic E-state index is -0.604. The summed E-state index contributed by atoms with van der Waals surface area (Å²) in [4.78, 5) is 12.9. The summed E-state index contributed by atoms with van der Waals surface area (Å²) in [6.45, 7) is 2.47. The summed E-state index contributed by atoms with van der Waals surface area (Å²) < 4.78 is 21.9. The van der Waals surface area contributed by atoms with Crippen molar-refractivity contribution in [1.82, 2.24) is 0 Å². The van der Waals surface area contributed by atoms with Crippen LogP contribution in [0.15, 0.2) is 60.7 Å². The summed E-state index contributed by atoms with van der Waals surface area (Å²) in [5.41, 5.74) is 2.27. The van der Waals surface area contributed by atoms with E-state index in [0.717, 1.165) is 16.8 Å².